The summed E-state index contributed by atoms with van der Waals surface area (Å²) in [4.78, 5) is 22.8. The molecule has 5 aromatic heterocycles. The first-order valence-corrected chi connectivity index (χ1v) is 43.7. The molecule has 0 aliphatic rings. The molecule has 10 aromatic carbocycles. The van der Waals surface area contributed by atoms with Crippen LogP contribution in [-0.4, -0.2) is 24.9 Å². The van der Waals surface area contributed by atoms with E-state index in [0.717, 1.165) is 129 Å². The Bertz CT molecular complexity index is 5650. The average molecular weight is 2600 g/mol. The van der Waals surface area contributed by atoms with Gasteiger partial charge in [0.1, 0.15) is 11.6 Å². The quantitative estimate of drug-likeness (QED) is 0.0255. The third kappa shape index (κ3) is 34.3. The molecule has 0 saturated carbocycles. The van der Waals surface area contributed by atoms with Crippen molar-refractivity contribution in [2.45, 2.75) is 183 Å². The van der Waals surface area contributed by atoms with Crippen molar-refractivity contribution in [3.05, 3.63) is 390 Å². The van der Waals surface area contributed by atoms with E-state index >= 15 is 0 Å². The summed E-state index contributed by atoms with van der Waals surface area (Å²) >= 11 is 0. The molecule has 0 bridgehead atoms. The van der Waals surface area contributed by atoms with Crippen molar-refractivity contribution < 1.29 is 122 Å². The summed E-state index contributed by atoms with van der Waals surface area (Å²) in [7, 11) is 0. The summed E-state index contributed by atoms with van der Waals surface area (Å²) < 4.78 is 67.5. The number of hydrogen-bond acceptors (Lipinski definition) is 5. The van der Waals surface area contributed by atoms with E-state index in [4.69, 9.17) is 0 Å². The summed E-state index contributed by atoms with van der Waals surface area (Å²) in [5, 5.41) is 0. The normalized spacial score (nSPS) is 10.5. The average Bonchev–Trinajstić information content (AvgIpc) is 0.784. The molecule has 0 saturated heterocycles. The minimum Gasteiger partial charge on any atom is -0.304 e. The van der Waals surface area contributed by atoms with Crippen molar-refractivity contribution in [3.8, 4) is 112 Å². The third-order valence-electron chi connectivity index (χ3n) is 21.6. The van der Waals surface area contributed by atoms with Crippen LogP contribution in [0.2, 0.25) is 0 Å². The largest absolute Gasteiger partial charge is 0.382 e. The van der Waals surface area contributed by atoms with Crippen molar-refractivity contribution in [3.63, 3.8) is 0 Å². The van der Waals surface area contributed by atoms with E-state index in [9.17, 15) is 22.0 Å². The Labute approximate surface area is 825 Å². The summed E-state index contributed by atoms with van der Waals surface area (Å²) in [6.45, 7) is 14.7. The standard InChI is InChI=1S/C23H21F3N.C23H23FN.C23H24N.C22H21FN.C22H22N.5Ir/c1-3-4-5-17-7-9-18(10-8-17)20-14-19(11-12-21(20)23(24,25)26)22-13-6-16(2)15-27-22;1-3-4-5-7-18-11-13-23(25-16-18)21-9-6-8-19(14-21)20-12-10-17(2)22(24)15-20;1-2-3-4-6-10-19-15-16-23(24-18-19)22-14-9-13-21(17-22)20-11-7-5-8-12-20;1-2-3-4-6-17-9-14-22(24-16-17)20-8-5-7-19(15-20)18-10-12-21(23)13-11-18;1-2-3-5-9-18-14-15-22(23-17-18)21-13-8-12-20(16-21)19-10-6-4-7-11-19;;;;;/h6-10,12-15H,3-5H2,1-2H3;6,8,10-16H,3-5,7H2,1-2H3;5,7-9,11-13,15-18H,2-4,6,10H2,1H3;5,7,9-16H,2-4,6H2,1H3;4,6-8,10-12,14-17H,2-3,5,9H2,1H3;;;;;/q5*-1;;;;;. The molecule has 5 nitrogen and oxygen atoms in total. The van der Waals surface area contributed by atoms with Gasteiger partial charge >= 0.3 is 6.18 Å². The summed E-state index contributed by atoms with van der Waals surface area (Å²) in [5.74, 6) is -0.400. The molecule has 5 radical (unpaired) electrons. The van der Waals surface area contributed by atoms with Crippen LogP contribution in [0.5, 0.6) is 0 Å². The van der Waals surface area contributed by atoms with E-state index in [1.807, 2.05) is 129 Å². The van der Waals surface area contributed by atoms with E-state index in [1.54, 1.807) is 49.5 Å². The van der Waals surface area contributed by atoms with Gasteiger partial charge in [-0.1, -0.05) is 274 Å². The van der Waals surface area contributed by atoms with Crippen LogP contribution >= 0.6 is 0 Å². The number of pyridine rings is 5. The Morgan fingerprint density at radius 3 is 0.938 bits per heavy atom. The molecule has 128 heavy (non-hydrogen) atoms. The Kier molecular flexibility index (Phi) is 48.6. The maximum atomic E-state index is 13.8. The maximum Gasteiger partial charge on any atom is 0.382 e. The van der Waals surface area contributed by atoms with Gasteiger partial charge in [0.2, 0.25) is 0 Å². The second kappa shape index (κ2) is 57.8. The Morgan fingerprint density at radius 2 is 0.586 bits per heavy atom. The van der Waals surface area contributed by atoms with E-state index in [2.05, 4.69) is 205 Å². The number of aromatic nitrogens is 5. The van der Waals surface area contributed by atoms with Crippen molar-refractivity contribution in [1.29, 1.82) is 0 Å². The van der Waals surface area contributed by atoms with Crippen LogP contribution in [0.3, 0.4) is 0 Å². The van der Waals surface area contributed by atoms with Crippen molar-refractivity contribution >= 4 is 0 Å². The van der Waals surface area contributed by atoms with Gasteiger partial charge in [-0.2, -0.15) is 13.2 Å². The molecule has 5 heterocycles. The smallest absolute Gasteiger partial charge is 0.304 e. The number of halogens is 5. The van der Waals surface area contributed by atoms with Crippen molar-refractivity contribution in [2.75, 3.05) is 0 Å². The molecule has 0 aliphatic carbocycles. The van der Waals surface area contributed by atoms with Crippen LogP contribution in [-0.2, 0) is 139 Å². The first-order chi connectivity index (χ1) is 60.0. The molecule has 0 unspecified atom stereocenters. The molecule has 0 aliphatic heterocycles. The number of benzene rings is 10. The summed E-state index contributed by atoms with van der Waals surface area (Å²) in [6, 6.07) is 103. The minimum absolute atomic E-state index is 0. The number of alkyl halides is 3. The van der Waals surface area contributed by atoms with E-state index in [1.165, 1.54) is 146 Å². The predicted octanol–water partition coefficient (Wildman–Crippen LogP) is 31.6. The number of unbranched alkanes of at least 4 members (excludes halogenated alkanes) is 10. The third-order valence-corrected chi connectivity index (χ3v) is 21.6. The van der Waals surface area contributed by atoms with Crippen LogP contribution in [0.15, 0.2) is 304 Å². The van der Waals surface area contributed by atoms with Crippen LogP contribution in [0.4, 0.5) is 22.0 Å². The van der Waals surface area contributed by atoms with Gasteiger partial charge in [0.25, 0.3) is 0 Å². The van der Waals surface area contributed by atoms with Gasteiger partial charge in [-0.25, -0.2) is 8.78 Å². The topological polar surface area (TPSA) is 64.5 Å². The van der Waals surface area contributed by atoms with Crippen LogP contribution in [0.1, 0.15) is 175 Å². The zero-order chi connectivity index (χ0) is 86.4. The first kappa shape index (κ1) is 108. The van der Waals surface area contributed by atoms with Crippen molar-refractivity contribution in [1.82, 2.24) is 24.9 Å². The summed E-state index contributed by atoms with van der Waals surface area (Å²) in [5.41, 5.74) is 25.7. The van der Waals surface area contributed by atoms with Gasteiger partial charge < -0.3 is 24.9 Å². The van der Waals surface area contributed by atoms with Crippen LogP contribution < -0.4 is 0 Å². The van der Waals surface area contributed by atoms with Crippen LogP contribution in [0.25, 0.3) is 112 Å². The molecule has 15 heteroatoms. The fourth-order valence-electron chi connectivity index (χ4n) is 14.2. The first-order valence-electron chi connectivity index (χ1n) is 43.7. The molecular formula is C113H111F5Ir5N5-5. The fourth-order valence-corrected chi connectivity index (χ4v) is 14.2. The number of rotatable bonds is 30. The molecule has 673 valence electrons. The monoisotopic (exact) mass is 2600 g/mol. The van der Waals surface area contributed by atoms with E-state index in [-0.39, 0.29) is 118 Å². The fraction of sp³-hybridized carbons (Fsp3) is 0.248. The Balaban J connectivity index is 0.000000245. The van der Waals surface area contributed by atoms with Gasteiger partial charge in [-0.15, -0.1) is 165 Å². The second-order valence-corrected chi connectivity index (χ2v) is 31.2. The van der Waals surface area contributed by atoms with Gasteiger partial charge in [0, 0.05) is 132 Å². The van der Waals surface area contributed by atoms with Gasteiger partial charge in [0.15, 0.2) is 0 Å². The number of nitrogens with zero attached hydrogens (tertiary/aromatic N) is 5. The second-order valence-electron chi connectivity index (χ2n) is 31.2. The Morgan fingerprint density at radius 1 is 0.273 bits per heavy atom. The number of hydrogen-bond donors (Lipinski definition) is 0. The molecule has 0 fully saturated rings. The SMILES string of the molecule is CCCCCCc1ccc(-c2[c-]ccc(-c3ccccc3)c2)nc1.CCCCCc1ccc(-c2[c-]ccc(-c3ccc(C)c(F)c3)c2)nc1.CCCCCc1ccc(-c2[c-]ccc(-c3ccc(F)cc3)c2)nc1.CCCCCc1ccc(-c2[c-]ccc(-c3ccccc3)c2)nc1.CCCCc1ccc(-c2cc(-c3ccc(C)cn3)[c-]cc2C(F)(F)F)cc1.[Ir].[Ir].[Ir].[Ir].[Ir]. The van der Waals surface area contributed by atoms with Gasteiger partial charge in [0.05, 0.1) is 0 Å². The number of aryl methyl sites for hydroxylation is 7. The summed E-state index contributed by atoms with van der Waals surface area (Å²) in [6.07, 6.45) is 29.0. The zero-order valence-electron chi connectivity index (χ0n) is 73.8. The molecule has 0 atom stereocenters. The van der Waals surface area contributed by atoms with Gasteiger partial charge in [-0.05, 0) is 197 Å². The zero-order valence-corrected chi connectivity index (χ0v) is 85.8. The van der Waals surface area contributed by atoms with Crippen molar-refractivity contribution in [2.24, 2.45) is 0 Å². The minimum atomic E-state index is -4.44. The maximum absolute atomic E-state index is 13.8. The molecular weight excluding hydrogens is 2480 g/mol. The molecule has 0 spiro atoms. The van der Waals surface area contributed by atoms with E-state index < -0.39 is 11.7 Å². The molecule has 15 rings (SSSR count). The predicted molar refractivity (Wildman–Crippen MR) is 500 cm³/mol. The van der Waals surface area contributed by atoms with Crippen LogP contribution in [0, 0.1) is 55.8 Å². The molecule has 15 aromatic rings. The Hall–Kier alpha value is -9.15. The molecule has 0 N–H and O–H groups in total. The van der Waals surface area contributed by atoms with Gasteiger partial charge in [-0.3, -0.25) is 0 Å². The molecule has 0 amide bonds. The van der Waals surface area contributed by atoms with E-state index in [0.29, 0.717) is 22.4 Å².